The van der Waals surface area contributed by atoms with Gasteiger partial charge in [-0.1, -0.05) is 60.7 Å². The predicted molar refractivity (Wildman–Crippen MR) is 107 cm³/mol. The molecule has 3 rings (SSSR count). The minimum atomic E-state index is -0.188. The lowest BCUT2D eigenvalue weighted by atomic mass is 9.93. The van der Waals surface area contributed by atoms with Gasteiger partial charge in [0, 0.05) is 37.5 Å². The predicted octanol–water partition coefficient (Wildman–Crippen LogP) is 4.08. The van der Waals surface area contributed by atoms with Crippen LogP contribution in [0.3, 0.4) is 0 Å². The molecule has 0 fully saturated rings. The molecule has 0 radical (unpaired) electrons. The fourth-order valence-electron chi connectivity index (χ4n) is 2.78. The molecule has 0 amide bonds. The zero-order valence-electron chi connectivity index (χ0n) is 15.6. The maximum atomic E-state index is 13.0. The molecule has 1 aromatic heterocycles. The second kappa shape index (κ2) is 8.27. The quantitative estimate of drug-likeness (QED) is 0.490. The molecule has 0 unspecified atom stereocenters. The van der Waals surface area contributed by atoms with E-state index in [1.54, 1.807) is 11.1 Å². The third-order valence-corrected chi connectivity index (χ3v) is 4.01. The standard InChI is InChI=1S/C22H21N3O2/c1-25(2)15-14-18(26)20-19(16-10-6-4-7-11-16)21(23-24-22(20)27-3)17-12-8-5-9-13-17/h4-15H,1-3H3/b15-14+. The Morgan fingerprint density at radius 2 is 1.52 bits per heavy atom. The first-order chi connectivity index (χ1) is 13.1. The molecule has 0 aliphatic carbocycles. The van der Waals surface area contributed by atoms with Crippen molar-refractivity contribution < 1.29 is 9.53 Å². The van der Waals surface area contributed by atoms with Crippen LogP contribution in [0.15, 0.2) is 72.9 Å². The first kappa shape index (κ1) is 18.3. The molecule has 0 bridgehead atoms. The maximum Gasteiger partial charge on any atom is 0.245 e. The summed E-state index contributed by atoms with van der Waals surface area (Å²) in [5.74, 6) is 0.0217. The van der Waals surface area contributed by atoms with Gasteiger partial charge in [-0.05, 0) is 5.56 Å². The number of aromatic nitrogens is 2. The highest BCUT2D eigenvalue weighted by Crippen LogP contribution is 2.36. The van der Waals surface area contributed by atoms with Crippen LogP contribution in [0.4, 0.5) is 0 Å². The summed E-state index contributed by atoms with van der Waals surface area (Å²) >= 11 is 0. The fraction of sp³-hybridized carbons (Fsp3) is 0.136. The van der Waals surface area contributed by atoms with Gasteiger partial charge < -0.3 is 9.64 Å². The third-order valence-electron chi connectivity index (χ3n) is 4.01. The second-order valence-corrected chi connectivity index (χ2v) is 6.18. The molecular formula is C22H21N3O2. The summed E-state index contributed by atoms with van der Waals surface area (Å²) in [6.07, 6.45) is 3.22. The van der Waals surface area contributed by atoms with Gasteiger partial charge in [0.25, 0.3) is 0 Å². The maximum absolute atomic E-state index is 13.0. The molecule has 27 heavy (non-hydrogen) atoms. The number of ether oxygens (including phenoxy) is 1. The van der Waals surface area contributed by atoms with Crippen LogP contribution in [0, 0.1) is 0 Å². The van der Waals surface area contributed by atoms with Gasteiger partial charge in [-0.25, -0.2) is 0 Å². The van der Waals surface area contributed by atoms with Crippen LogP contribution in [-0.4, -0.2) is 42.1 Å². The molecule has 1 heterocycles. The molecule has 136 valence electrons. The first-order valence-corrected chi connectivity index (χ1v) is 8.56. The Morgan fingerprint density at radius 1 is 0.926 bits per heavy atom. The van der Waals surface area contributed by atoms with E-state index >= 15 is 0 Å². The number of carbonyl (C=O) groups is 1. The monoisotopic (exact) mass is 359 g/mol. The topological polar surface area (TPSA) is 55.3 Å². The van der Waals surface area contributed by atoms with E-state index in [1.807, 2.05) is 74.8 Å². The van der Waals surface area contributed by atoms with Crippen molar-refractivity contribution in [3.8, 4) is 28.3 Å². The van der Waals surface area contributed by atoms with E-state index < -0.39 is 0 Å². The summed E-state index contributed by atoms with van der Waals surface area (Å²) in [6, 6.07) is 19.4. The van der Waals surface area contributed by atoms with E-state index in [2.05, 4.69) is 10.2 Å². The Balaban J connectivity index is 2.31. The molecule has 0 N–H and O–H groups in total. The number of methoxy groups -OCH3 is 1. The summed E-state index contributed by atoms with van der Waals surface area (Å²) in [7, 11) is 5.21. The van der Waals surface area contributed by atoms with Crippen LogP contribution < -0.4 is 4.74 Å². The van der Waals surface area contributed by atoms with Crippen LogP contribution in [0.5, 0.6) is 5.88 Å². The molecule has 2 aromatic carbocycles. The lowest BCUT2D eigenvalue weighted by molar-refractivity contribution is 0.104. The van der Waals surface area contributed by atoms with E-state index in [4.69, 9.17) is 4.74 Å². The van der Waals surface area contributed by atoms with Gasteiger partial charge in [0.05, 0.1) is 12.7 Å². The van der Waals surface area contributed by atoms with Gasteiger partial charge in [-0.3, -0.25) is 4.79 Å². The minimum absolute atomic E-state index is 0.188. The molecule has 0 spiro atoms. The molecule has 0 aliphatic heterocycles. The van der Waals surface area contributed by atoms with Crippen LogP contribution >= 0.6 is 0 Å². The first-order valence-electron chi connectivity index (χ1n) is 8.56. The summed E-state index contributed by atoms with van der Waals surface area (Å²) in [4.78, 5) is 14.9. The minimum Gasteiger partial charge on any atom is -0.479 e. The molecule has 0 saturated heterocycles. The molecule has 5 heteroatoms. The highest BCUT2D eigenvalue weighted by molar-refractivity contribution is 6.12. The zero-order valence-corrected chi connectivity index (χ0v) is 15.6. The molecule has 0 atom stereocenters. The average Bonchev–Trinajstić information content (AvgIpc) is 2.72. The number of carbonyl (C=O) groups excluding carboxylic acids is 1. The van der Waals surface area contributed by atoms with Gasteiger partial charge >= 0.3 is 0 Å². The van der Waals surface area contributed by atoms with Crippen LogP contribution in [0.25, 0.3) is 22.4 Å². The van der Waals surface area contributed by atoms with Crippen LogP contribution in [0.2, 0.25) is 0 Å². The van der Waals surface area contributed by atoms with E-state index in [0.717, 1.165) is 11.1 Å². The SMILES string of the molecule is COc1nnc(-c2ccccc2)c(-c2ccccc2)c1C(=O)/C=C/N(C)C. The molecule has 5 nitrogen and oxygen atoms in total. The number of benzene rings is 2. The Morgan fingerprint density at radius 3 is 2.07 bits per heavy atom. The van der Waals surface area contributed by atoms with Gasteiger partial charge in [-0.2, -0.15) is 0 Å². The lowest BCUT2D eigenvalue weighted by Crippen LogP contribution is -2.09. The number of allylic oxidation sites excluding steroid dienone is 1. The van der Waals surface area contributed by atoms with Gasteiger partial charge in [-0.15, -0.1) is 10.2 Å². The van der Waals surface area contributed by atoms with E-state index in [1.165, 1.54) is 13.2 Å². The van der Waals surface area contributed by atoms with E-state index in [0.29, 0.717) is 16.8 Å². The average molecular weight is 359 g/mol. The lowest BCUT2D eigenvalue weighted by Gasteiger charge is -2.15. The highest BCUT2D eigenvalue weighted by atomic mass is 16.5. The molecular weight excluding hydrogens is 338 g/mol. The Labute approximate surface area is 158 Å². The van der Waals surface area contributed by atoms with E-state index in [-0.39, 0.29) is 11.7 Å². The Hall–Kier alpha value is -3.47. The van der Waals surface area contributed by atoms with E-state index in [9.17, 15) is 4.79 Å². The highest BCUT2D eigenvalue weighted by Gasteiger charge is 2.23. The van der Waals surface area contributed by atoms with Crippen LogP contribution in [0.1, 0.15) is 10.4 Å². The number of ketones is 1. The Bertz CT molecular complexity index is 952. The number of hydrogen-bond donors (Lipinski definition) is 0. The number of nitrogens with zero attached hydrogens (tertiary/aromatic N) is 3. The fourth-order valence-corrected chi connectivity index (χ4v) is 2.78. The van der Waals surface area contributed by atoms with Crippen molar-refractivity contribution in [2.45, 2.75) is 0 Å². The largest absolute Gasteiger partial charge is 0.479 e. The summed E-state index contributed by atoms with van der Waals surface area (Å²) in [5, 5.41) is 8.54. The normalized spacial score (nSPS) is 10.8. The van der Waals surface area contributed by atoms with Crippen molar-refractivity contribution >= 4 is 5.78 Å². The van der Waals surface area contributed by atoms with Crippen molar-refractivity contribution in [2.24, 2.45) is 0 Å². The second-order valence-electron chi connectivity index (χ2n) is 6.18. The van der Waals surface area contributed by atoms with Crippen molar-refractivity contribution in [1.82, 2.24) is 15.1 Å². The third kappa shape index (κ3) is 4.03. The summed E-state index contributed by atoms with van der Waals surface area (Å²) < 4.78 is 5.38. The smallest absolute Gasteiger partial charge is 0.245 e. The zero-order chi connectivity index (χ0) is 19.2. The van der Waals surface area contributed by atoms with Gasteiger partial charge in [0.2, 0.25) is 5.88 Å². The summed E-state index contributed by atoms with van der Waals surface area (Å²) in [6.45, 7) is 0. The van der Waals surface area contributed by atoms with Crippen molar-refractivity contribution in [1.29, 1.82) is 0 Å². The molecule has 3 aromatic rings. The van der Waals surface area contributed by atoms with Crippen molar-refractivity contribution in [3.63, 3.8) is 0 Å². The molecule has 0 saturated carbocycles. The number of hydrogen-bond acceptors (Lipinski definition) is 5. The van der Waals surface area contributed by atoms with Gasteiger partial charge in [0.15, 0.2) is 5.78 Å². The van der Waals surface area contributed by atoms with Gasteiger partial charge in [0.1, 0.15) is 5.69 Å². The summed E-state index contributed by atoms with van der Waals surface area (Å²) in [5.41, 5.74) is 3.52. The Kier molecular flexibility index (Phi) is 5.61. The van der Waals surface area contributed by atoms with Crippen molar-refractivity contribution in [3.05, 3.63) is 78.5 Å². The van der Waals surface area contributed by atoms with Crippen molar-refractivity contribution in [2.75, 3.05) is 21.2 Å². The molecule has 0 aliphatic rings. The number of rotatable bonds is 6. The van der Waals surface area contributed by atoms with Crippen LogP contribution in [-0.2, 0) is 0 Å².